The van der Waals surface area contributed by atoms with Crippen LogP contribution in [0, 0.1) is 10.6 Å². The first-order chi connectivity index (χ1) is 14.0. The summed E-state index contributed by atoms with van der Waals surface area (Å²) in [6, 6.07) is 10.7. The van der Waals surface area contributed by atoms with Gasteiger partial charge in [-0.15, -0.1) is 0 Å². The number of halogens is 2. The minimum Gasteiger partial charge on any atom is -0.324 e. The third-order valence-corrected chi connectivity index (χ3v) is 6.37. The quantitative estimate of drug-likeness (QED) is 0.431. The molecule has 0 saturated carbocycles. The highest BCUT2D eigenvalue weighted by Crippen LogP contribution is 2.36. The average Bonchev–Trinajstić information content (AvgIpc) is 3.23. The molecular weight excluding hydrogens is 407 g/mol. The lowest BCUT2D eigenvalue weighted by atomic mass is 9.93. The summed E-state index contributed by atoms with van der Waals surface area (Å²) in [6.07, 6.45) is 4.28. The smallest absolute Gasteiger partial charge is 0.179 e. The molecule has 0 bridgehead atoms. The standard InChI is InChI=1S/C22H24ClFN4S/c1-27-20(7-10-25-14-18-4-2-3-9-26-18)21-15(8-11-28(21)22(27)29)12-16-13-17(23)5-6-19(16)24/h2-6,9,13,15,25H,7-8,10-12,14H2,1H3. The van der Waals surface area contributed by atoms with Crippen molar-refractivity contribution < 1.29 is 4.39 Å². The van der Waals surface area contributed by atoms with Crippen LogP contribution in [0.1, 0.15) is 35.0 Å². The fourth-order valence-electron chi connectivity index (χ4n) is 4.21. The van der Waals surface area contributed by atoms with Gasteiger partial charge >= 0.3 is 0 Å². The van der Waals surface area contributed by atoms with Gasteiger partial charge < -0.3 is 14.5 Å². The lowest BCUT2D eigenvalue weighted by molar-refractivity contribution is 0.577. The molecule has 1 atom stereocenters. The van der Waals surface area contributed by atoms with E-state index in [1.54, 1.807) is 18.3 Å². The molecule has 3 aromatic rings. The van der Waals surface area contributed by atoms with Crippen LogP contribution in [-0.2, 0) is 33.0 Å². The molecule has 1 aliphatic rings. The molecule has 152 valence electrons. The number of nitrogens with one attached hydrogen (secondary N) is 1. The Morgan fingerprint density at radius 2 is 2.17 bits per heavy atom. The van der Waals surface area contributed by atoms with Crippen LogP contribution in [0.5, 0.6) is 0 Å². The minimum atomic E-state index is -0.194. The molecule has 0 saturated heterocycles. The normalized spacial score (nSPS) is 15.6. The molecule has 0 fully saturated rings. The second kappa shape index (κ2) is 8.78. The average molecular weight is 431 g/mol. The van der Waals surface area contributed by atoms with Crippen LogP contribution in [-0.4, -0.2) is 20.7 Å². The maximum absolute atomic E-state index is 14.3. The summed E-state index contributed by atoms with van der Waals surface area (Å²) in [5, 5.41) is 4.03. The van der Waals surface area contributed by atoms with E-state index in [0.29, 0.717) is 17.0 Å². The van der Waals surface area contributed by atoms with E-state index in [-0.39, 0.29) is 11.7 Å². The topological polar surface area (TPSA) is 34.8 Å². The van der Waals surface area contributed by atoms with Crippen molar-refractivity contribution in [3.8, 4) is 0 Å². The minimum absolute atomic E-state index is 0.194. The van der Waals surface area contributed by atoms with E-state index in [2.05, 4.69) is 19.4 Å². The van der Waals surface area contributed by atoms with Crippen LogP contribution in [0.15, 0.2) is 42.6 Å². The number of hydrogen-bond acceptors (Lipinski definition) is 3. The summed E-state index contributed by atoms with van der Waals surface area (Å²) in [4.78, 5) is 4.34. The molecule has 1 unspecified atom stereocenters. The van der Waals surface area contributed by atoms with Gasteiger partial charge in [-0.1, -0.05) is 17.7 Å². The van der Waals surface area contributed by atoms with E-state index in [0.717, 1.165) is 42.9 Å². The van der Waals surface area contributed by atoms with Gasteiger partial charge in [-0.05, 0) is 61.0 Å². The van der Waals surface area contributed by atoms with Gasteiger partial charge in [0.1, 0.15) is 5.82 Å². The highest BCUT2D eigenvalue weighted by molar-refractivity contribution is 7.71. The van der Waals surface area contributed by atoms with Gasteiger partial charge in [-0.25, -0.2) is 4.39 Å². The van der Waals surface area contributed by atoms with Crippen LogP contribution >= 0.6 is 23.8 Å². The van der Waals surface area contributed by atoms with Crippen molar-refractivity contribution >= 4 is 23.8 Å². The van der Waals surface area contributed by atoms with Crippen molar-refractivity contribution in [3.05, 3.63) is 80.9 Å². The van der Waals surface area contributed by atoms with Gasteiger partial charge in [0.05, 0.1) is 5.69 Å². The Kier molecular flexibility index (Phi) is 6.13. The Hall–Kier alpha value is -2.02. The monoisotopic (exact) mass is 430 g/mol. The number of rotatable bonds is 7. The molecule has 1 N–H and O–H groups in total. The Balaban J connectivity index is 1.50. The van der Waals surface area contributed by atoms with Crippen LogP contribution in [0.2, 0.25) is 5.02 Å². The molecule has 3 heterocycles. The molecule has 1 aromatic carbocycles. The van der Waals surface area contributed by atoms with Crippen molar-refractivity contribution in [2.24, 2.45) is 7.05 Å². The number of benzene rings is 1. The van der Waals surface area contributed by atoms with Gasteiger partial charge in [-0.2, -0.15) is 0 Å². The molecule has 29 heavy (non-hydrogen) atoms. The van der Waals surface area contributed by atoms with Gasteiger partial charge in [0.15, 0.2) is 4.77 Å². The Morgan fingerprint density at radius 1 is 1.31 bits per heavy atom. The molecule has 1 aliphatic heterocycles. The van der Waals surface area contributed by atoms with Crippen molar-refractivity contribution in [2.75, 3.05) is 6.54 Å². The third kappa shape index (κ3) is 4.29. The molecule has 0 spiro atoms. The zero-order valence-corrected chi connectivity index (χ0v) is 17.9. The summed E-state index contributed by atoms with van der Waals surface area (Å²) < 4.78 is 19.5. The third-order valence-electron chi connectivity index (χ3n) is 5.64. The zero-order chi connectivity index (χ0) is 20.4. The number of imidazole rings is 1. The Morgan fingerprint density at radius 3 is 2.97 bits per heavy atom. The van der Waals surface area contributed by atoms with E-state index >= 15 is 0 Å². The van der Waals surface area contributed by atoms with Gasteiger partial charge in [-0.3, -0.25) is 4.98 Å². The maximum Gasteiger partial charge on any atom is 0.179 e. The summed E-state index contributed by atoms with van der Waals surface area (Å²) in [5.41, 5.74) is 4.17. The molecule has 2 aromatic heterocycles. The van der Waals surface area contributed by atoms with Crippen molar-refractivity contribution in [3.63, 3.8) is 0 Å². The number of aromatic nitrogens is 3. The zero-order valence-electron chi connectivity index (χ0n) is 16.4. The second-order valence-corrected chi connectivity index (χ2v) is 8.30. The maximum atomic E-state index is 14.3. The van der Waals surface area contributed by atoms with Gasteiger partial charge in [0.2, 0.25) is 0 Å². The largest absolute Gasteiger partial charge is 0.324 e. The van der Waals surface area contributed by atoms with E-state index in [4.69, 9.17) is 23.8 Å². The summed E-state index contributed by atoms with van der Waals surface area (Å²) in [6.45, 7) is 2.45. The summed E-state index contributed by atoms with van der Waals surface area (Å²) in [7, 11) is 2.03. The number of fused-ring (bicyclic) bond motifs is 1. The second-order valence-electron chi connectivity index (χ2n) is 7.50. The first kappa shape index (κ1) is 20.3. The molecule has 4 rings (SSSR count). The number of hydrogen-bond donors (Lipinski definition) is 1. The van der Waals surface area contributed by atoms with E-state index in [9.17, 15) is 4.39 Å². The van der Waals surface area contributed by atoms with Gasteiger partial charge in [0, 0.05) is 61.6 Å². The van der Waals surface area contributed by atoms with Crippen molar-refractivity contribution in [1.82, 2.24) is 19.4 Å². The predicted molar refractivity (Wildman–Crippen MR) is 116 cm³/mol. The Labute approximate surface area is 180 Å². The van der Waals surface area contributed by atoms with Crippen molar-refractivity contribution in [2.45, 2.75) is 38.3 Å². The highest BCUT2D eigenvalue weighted by atomic mass is 35.5. The SMILES string of the molecule is Cn1c(CCNCc2ccccn2)c2n(c1=S)CCC2Cc1cc(Cl)ccc1F. The number of nitrogens with zero attached hydrogens (tertiary/aromatic N) is 3. The summed E-state index contributed by atoms with van der Waals surface area (Å²) >= 11 is 11.8. The molecule has 0 aliphatic carbocycles. The number of pyridine rings is 1. The molecule has 7 heteroatoms. The lowest BCUT2D eigenvalue weighted by Crippen LogP contribution is -2.19. The van der Waals surface area contributed by atoms with Crippen molar-refractivity contribution in [1.29, 1.82) is 0 Å². The van der Waals surface area contributed by atoms with E-state index in [1.807, 2.05) is 25.2 Å². The Bertz CT molecular complexity index is 1060. The fourth-order valence-corrected chi connectivity index (χ4v) is 4.70. The van der Waals surface area contributed by atoms with E-state index in [1.165, 1.54) is 17.5 Å². The predicted octanol–water partition coefficient (Wildman–Crippen LogP) is 4.81. The van der Waals surface area contributed by atoms with Crippen LogP contribution in [0.3, 0.4) is 0 Å². The first-order valence-corrected chi connectivity index (χ1v) is 10.7. The van der Waals surface area contributed by atoms with Crippen LogP contribution < -0.4 is 5.32 Å². The molecule has 0 radical (unpaired) electrons. The fraction of sp³-hybridized carbons (Fsp3) is 0.364. The molecule has 0 amide bonds. The summed E-state index contributed by atoms with van der Waals surface area (Å²) in [5.74, 6) is 0.0533. The van der Waals surface area contributed by atoms with Crippen LogP contribution in [0.4, 0.5) is 4.39 Å². The highest BCUT2D eigenvalue weighted by Gasteiger charge is 2.29. The lowest BCUT2D eigenvalue weighted by Gasteiger charge is -2.14. The molecule has 4 nitrogen and oxygen atoms in total. The van der Waals surface area contributed by atoms with E-state index < -0.39 is 0 Å². The van der Waals surface area contributed by atoms with Crippen LogP contribution in [0.25, 0.3) is 0 Å². The molecular formula is C22H24ClFN4S. The van der Waals surface area contributed by atoms with Gasteiger partial charge in [0.25, 0.3) is 0 Å². The first-order valence-electron chi connectivity index (χ1n) is 9.87.